The maximum atomic E-state index is 5.89. The highest BCUT2D eigenvalue weighted by Crippen LogP contribution is 2.28. The molecule has 1 aliphatic heterocycles. The number of thiocarbonyl (C=S) groups is 1. The van der Waals surface area contributed by atoms with Crippen LogP contribution >= 0.6 is 12.2 Å². The number of nitrogens with one attached hydrogen (secondary N) is 1. The molecule has 3 rings (SSSR count). The third-order valence-corrected chi connectivity index (χ3v) is 6.12. The molecule has 5 nitrogen and oxygen atoms in total. The summed E-state index contributed by atoms with van der Waals surface area (Å²) in [6.07, 6.45) is 10.2. The second-order valence-corrected chi connectivity index (χ2v) is 8.23. The third kappa shape index (κ3) is 5.98. The lowest BCUT2D eigenvalue weighted by Gasteiger charge is -2.31. The summed E-state index contributed by atoms with van der Waals surface area (Å²) in [4.78, 5) is 2.26. The van der Waals surface area contributed by atoms with Crippen molar-refractivity contribution in [2.75, 3.05) is 27.4 Å². The summed E-state index contributed by atoms with van der Waals surface area (Å²) in [5, 5.41) is 4.49. The first kappa shape index (κ1) is 21.2. The molecule has 2 fully saturated rings. The molecule has 0 unspecified atom stereocenters. The van der Waals surface area contributed by atoms with Crippen molar-refractivity contribution in [1.29, 1.82) is 0 Å². The molecule has 0 amide bonds. The van der Waals surface area contributed by atoms with Crippen molar-refractivity contribution in [3.8, 4) is 11.5 Å². The number of benzene rings is 1. The van der Waals surface area contributed by atoms with E-state index in [9.17, 15) is 0 Å². The molecule has 1 saturated carbocycles. The first-order chi connectivity index (χ1) is 13.7. The van der Waals surface area contributed by atoms with Gasteiger partial charge in [0.15, 0.2) is 16.6 Å². The Morgan fingerprint density at radius 2 is 1.82 bits per heavy atom. The smallest absolute Gasteiger partial charge is 0.169 e. The Morgan fingerprint density at radius 1 is 1.07 bits per heavy atom. The number of hydrogen-bond donors (Lipinski definition) is 1. The average Bonchev–Trinajstić information content (AvgIpc) is 3.09. The van der Waals surface area contributed by atoms with Gasteiger partial charge in [0.2, 0.25) is 0 Å². The van der Waals surface area contributed by atoms with E-state index in [2.05, 4.69) is 16.3 Å². The van der Waals surface area contributed by atoms with E-state index >= 15 is 0 Å². The van der Waals surface area contributed by atoms with Crippen LogP contribution in [0.3, 0.4) is 0 Å². The van der Waals surface area contributed by atoms with Gasteiger partial charge in [0.1, 0.15) is 0 Å². The van der Waals surface area contributed by atoms with Crippen LogP contribution in [0.25, 0.3) is 0 Å². The van der Waals surface area contributed by atoms with E-state index in [4.69, 9.17) is 26.4 Å². The molecule has 28 heavy (non-hydrogen) atoms. The van der Waals surface area contributed by atoms with E-state index in [-0.39, 0.29) is 6.10 Å². The van der Waals surface area contributed by atoms with Gasteiger partial charge >= 0.3 is 0 Å². The van der Waals surface area contributed by atoms with Gasteiger partial charge in [-0.3, -0.25) is 0 Å². The Bertz CT molecular complexity index is 626. The van der Waals surface area contributed by atoms with Crippen molar-refractivity contribution >= 4 is 17.3 Å². The van der Waals surface area contributed by atoms with Crippen LogP contribution < -0.4 is 14.8 Å². The molecule has 156 valence electrons. The van der Waals surface area contributed by atoms with Crippen LogP contribution in [0.1, 0.15) is 56.9 Å². The summed E-state index contributed by atoms with van der Waals surface area (Å²) >= 11 is 5.85. The molecule has 1 aliphatic carbocycles. The summed E-state index contributed by atoms with van der Waals surface area (Å²) in [6, 6.07) is 6.57. The topological polar surface area (TPSA) is 43.0 Å². The number of methoxy groups -OCH3 is 2. The Balaban J connectivity index is 1.69. The molecule has 1 N–H and O–H groups in total. The largest absolute Gasteiger partial charge is 0.493 e. The molecule has 1 saturated heterocycles. The summed E-state index contributed by atoms with van der Waals surface area (Å²) in [6.45, 7) is 2.42. The fraction of sp³-hybridized carbons (Fsp3) is 0.682. The van der Waals surface area contributed by atoms with E-state index in [0.29, 0.717) is 6.04 Å². The first-order valence-corrected chi connectivity index (χ1v) is 11.0. The minimum Gasteiger partial charge on any atom is -0.493 e. The summed E-state index contributed by atoms with van der Waals surface area (Å²) in [5.41, 5.74) is 1.15. The zero-order valence-corrected chi connectivity index (χ0v) is 18.1. The van der Waals surface area contributed by atoms with E-state index < -0.39 is 0 Å². The molecule has 0 bridgehead atoms. The average molecular weight is 407 g/mol. The minimum absolute atomic E-state index is 0.258. The summed E-state index contributed by atoms with van der Waals surface area (Å²) in [7, 11) is 3.33. The standard InChI is InChI=1S/C22H34N2O3S/c1-25-20-12-11-17(14-21(20)26-2)15-24(16-19-10-7-13-27-19)22(28)23-18-8-5-3-4-6-9-18/h11-12,14,18-19H,3-10,13,15-16H2,1-2H3,(H,23,28)/t19-/m0/s1. The second kappa shape index (κ2) is 10.9. The lowest BCUT2D eigenvalue weighted by atomic mass is 10.1. The molecular weight excluding hydrogens is 372 g/mol. The van der Waals surface area contributed by atoms with Gasteiger partial charge in [-0.15, -0.1) is 0 Å². The van der Waals surface area contributed by atoms with E-state index in [1.165, 1.54) is 38.5 Å². The van der Waals surface area contributed by atoms with E-state index in [0.717, 1.165) is 54.7 Å². The van der Waals surface area contributed by atoms with Gasteiger partial charge in [0.05, 0.1) is 20.3 Å². The lowest BCUT2D eigenvalue weighted by molar-refractivity contribution is 0.0895. The quantitative estimate of drug-likeness (QED) is 0.538. The minimum atomic E-state index is 0.258. The molecule has 1 aromatic carbocycles. The summed E-state index contributed by atoms with van der Waals surface area (Å²) in [5.74, 6) is 1.50. The Labute approximate surface area is 174 Å². The first-order valence-electron chi connectivity index (χ1n) is 10.6. The van der Waals surface area contributed by atoms with Crippen LogP contribution in [-0.4, -0.2) is 49.5 Å². The molecule has 1 aromatic rings. The zero-order valence-electron chi connectivity index (χ0n) is 17.2. The fourth-order valence-electron chi connectivity index (χ4n) is 4.14. The van der Waals surface area contributed by atoms with Gasteiger partial charge in [0, 0.05) is 25.7 Å². The van der Waals surface area contributed by atoms with E-state index in [1.54, 1.807) is 14.2 Å². The molecule has 1 atom stereocenters. The lowest BCUT2D eigenvalue weighted by Crippen LogP contribution is -2.46. The maximum absolute atomic E-state index is 5.89. The summed E-state index contributed by atoms with van der Waals surface area (Å²) < 4.78 is 16.7. The molecule has 1 heterocycles. The number of nitrogens with zero attached hydrogens (tertiary/aromatic N) is 1. The predicted octanol–water partition coefficient (Wildman–Crippen LogP) is 4.28. The maximum Gasteiger partial charge on any atom is 0.169 e. The van der Waals surface area contributed by atoms with Crippen LogP contribution in [-0.2, 0) is 11.3 Å². The zero-order chi connectivity index (χ0) is 19.8. The van der Waals surface area contributed by atoms with Crippen LogP contribution in [0, 0.1) is 0 Å². The van der Waals surface area contributed by atoms with Crippen molar-refractivity contribution in [3.05, 3.63) is 23.8 Å². The van der Waals surface area contributed by atoms with Gasteiger partial charge in [-0.05, 0) is 55.6 Å². The number of rotatable bonds is 7. The van der Waals surface area contributed by atoms with Gasteiger partial charge in [-0.1, -0.05) is 31.7 Å². The molecule has 0 spiro atoms. The van der Waals surface area contributed by atoms with Crippen LogP contribution in [0.4, 0.5) is 0 Å². The fourth-order valence-corrected chi connectivity index (χ4v) is 4.45. The van der Waals surface area contributed by atoms with Crippen molar-refractivity contribution in [1.82, 2.24) is 10.2 Å². The third-order valence-electron chi connectivity index (χ3n) is 5.74. The highest BCUT2D eigenvalue weighted by Gasteiger charge is 2.23. The highest BCUT2D eigenvalue weighted by molar-refractivity contribution is 7.80. The molecule has 2 aliphatic rings. The van der Waals surface area contributed by atoms with Crippen molar-refractivity contribution < 1.29 is 14.2 Å². The van der Waals surface area contributed by atoms with Gasteiger partial charge in [-0.25, -0.2) is 0 Å². The van der Waals surface area contributed by atoms with Crippen LogP contribution in [0.15, 0.2) is 18.2 Å². The molecule has 6 heteroatoms. The molecular formula is C22H34N2O3S. The van der Waals surface area contributed by atoms with E-state index in [1.807, 2.05) is 12.1 Å². The van der Waals surface area contributed by atoms with Gasteiger partial charge < -0.3 is 24.4 Å². The predicted molar refractivity (Wildman–Crippen MR) is 116 cm³/mol. The van der Waals surface area contributed by atoms with Gasteiger partial charge in [-0.2, -0.15) is 0 Å². The Morgan fingerprint density at radius 3 is 2.46 bits per heavy atom. The van der Waals surface area contributed by atoms with Gasteiger partial charge in [0.25, 0.3) is 0 Å². The Hall–Kier alpha value is -1.53. The normalized spacial score (nSPS) is 20.4. The number of hydrogen-bond acceptors (Lipinski definition) is 4. The molecule has 0 aromatic heterocycles. The highest BCUT2D eigenvalue weighted by atomic mass is 32.1. The SMILES string of the molecule is COc1ccc(CN(C[C@@H]2CCCO2)C(=S)NC2CCCCCC2)cc1OC. The van der Waals surface area contributed by atoms with Crippen LogP contribution in [0.2, 0.25) is 0 Å². The van der Waals surface area contributed by atoms with Crippen molar-refractivity contribution in [2.24, 2.45) is 0 Å². The monoisotopic (exact) mass is 406 g/mol. The molecule has 0 radical (unpaired) electrons. The second-order valence-electron chi connectivity index (χ2n) is 7.84. The van der Waals surface area contributed by atoms with Crippen LogP contribution in [0.5, 0.6) is 11.5 Å². The number of ether oxygens (including phenoxy) is 3. The Kier molecular flexibility index (Phi) is 8.22. The van der Waals surface area contributed by atoms with Crippen molar-refractivity contribution in [3.63, 3.8) is 0 Å². The van der Waals surface area contributed by atoms with Crippen molar-refractivity contribution in [2.45, 2.75) is 70.1 Å².